The van der Waals surface area contributed by atoms with E-state index in [9.17, 15) is 49.2 Å². The normalized spacial score (nSPS) is 41.2. The fourth-order valence-corrected chi connectivity index (χ4v) is 4.39. The molecule has 4 rings (SSSR count). The van der Waals surface area contributed by atoms with Crippen molar-refractivity contribution in [2.45, 2.75) is 86.7 Å². The molecule has 36 heavy (non-hydrogen) atoms. The van der Waals surface area contributed by atoms with Crippen LogP contribution >= 0.6 is 0 Å². The molecule has 0 aromatic carbocycles. The molecule has 0 radical (unpaired) electrons. The number of aliphatic hydroxyl groups excluding tert-OH is 1. The maximum atomic E-state index is 12.9. The number of hydrogen-bond acceptors (Lipinski definition) is 16. The Labute approximate surface area is 200 Å². The highest BCUT2D eigenvalue weighted by atomic mass is 16.9. The summed E-state index contributed by atoms with van der Waals surface area (Å²) in [5.74, 6) is -20.5. The molecule has 4 bridgehead atoms. The molecule has 6 unspecified atom stereocenters. The van der Waals surface area contributed by atoms with E-state index in [0.29, 0.717) is 0 Å². The van der Waals surface area contributed by atoms with Crippen LogP contribution in [0, 0.1) is 0 Å². The second-order valence-electron chi connectivity index (χ2n) is 9.14. The van der Waals surface area contributed by atoms with Gasteiger partial charge >= 0.3 is 53.4 Å². The number of aliphatic hydroxyl groups is 4. The SMILES string of the molecule is CC(O)CCCC12OC(=O)CC(O)(CC(=O)OC13OC(=O)CC1(O)CC(=O)OC3(O)OC1=O)C(=O)O2. The van der Waals surface area contributed by atoms with Crippen molar-refractivity contribution in [2.24, 2.45) is 0 Å². The first-order valence-corrected chi connectivity index (χ1v) is 10.8. The van der Waals surface area contributed by atoms with E-state index in [-0.39, 0.29) is 12.8 Å². The van der Waals surface area contributed by atoms with Gasteiger partial charge in [-0.3, -0.25) is 19.2 Å². The number of carbonyl (C=O) groups excluding carboxylic acids is 6. The fourth-order valence-electron chi connectivity index (χ4n) is 4.39. The van der Waals surface area contributed by atoms with Crippen molar-refractivity contribution in [2.75, 3.05) is 0 Å². The minimum atomic E-state index is -3.97. The quantitative estimate of drug-likeness (QED) is 0.213. The Morgan fingerprint density at radius 3 is 1.64 bits per heavy atom. The molecule has 4 saturated heterocycles. The Kier molecular flexibility index (Phi) is 5.78. The lowest BCUT2D eigenvalue weighted by molar-refractivity contribution is -0.501. The summed E-state index contributed by atoms with van der Waals surface area (Å²) >= 11 is 0. The van der Waals surface area contributed by atoms with E-state index in [4.69, 9.17) is 28.4 Å². The van der Waals surface area contributed by atoms with Gasteiger partial charge in [0.25, 0.3) is 0 Å². The predicted octanol–water partition coefficient (Wildman–Crippen LogP) is -3.09. The number of esters is 6. The molecule has 4 heterocycles. The van der Waals surface area contributed by atoms with Crippen molar-refractivity contribution in [3.63, 3.8) is 0 Å². The first-order valence-electron chi connectivity index (χ1n) is 10.8. The molecule has 0 aromatic rings. The molecular weight excluding hydrogens is 496 g/mol. The predicted molar refractivity (Wildman–Crippen MR) is 101 cm³/mol. The molecule has 0 aromatic heterocycles. The van der Waals surface area contributed by atoms with Gasteiger partial charge in [-0.2, -0.15) is 0 Å². The standard InChI is InChI=1S/C20H22O16/c1-9(21)3-2-4-18-19(32-11(23)6-16(28,14(26)35-18)5-10(22)31-18)20(30)34-13(25)8-17(29,15(27)36-20)7-12(24)33-19/h9,21,28-30H,2-8H2,1H3. The van der Waals surface area contributed by atoms with Gasteiger partial charge < -0.3 is 48.8 Å². The van der Waals surface area contributed by atoms with Crippen LogP contribution in [0.4, 0.5) is 0 Å². The van der Waals surface area contributed by atoms with Crippen molar-refractivity contribution in [1.29, 1.82) is 0 Å². The summed E-state index contributed by atoms with van der Waals surface area (Å²) in [5.41, 5.74) is -5.66. The van der Waals surface area contributed by atoms with Crippen molar-refractivity contribution >= 4 is 35.8 Å². The highest BCUT2D eigenvalue weighted by Gasteiger charge is 2.84. The van der Waals surface area contributed by atoms with Gasteiger partial charge in [0.15, 0.2) is 11.2 Å². The fraction of sp³-hybridized carbons (Fsp3) is 0.700. The first kappa shape index (κ1) is 25.7. The third-order valence-electron chi connectivity index (χ3n) is 6.09. The van der Waals surface area contributed by atoms with Crippen LogP contribution in [0.1, 0.15) is 51.9 Å². The zero-order valence-corrected chi connectivity index (χ0v) is 18.7. The molecule has 0 saturated carbocycles. The van der Waals surface area contributed by atoms with Crippen LogP contribution in [0.5, 0.6) is 0 Å². The van der Waals surface area contributed by atoms with Gasteiger partial charge in [0.05, 0.1) is 31.8 Å². The lowest BCUT2D eigenvalue weighted by Gasteiger charge is -2.50. The van der Waals surface area contributed by atoms with Crippen LogP contribution in [-0.2, 0) is 57.2 Å². The average molecular weight is 518 g/mol. The monoisotopic (exact) mass is 518 g/mol. The van der Waals surface area contributed by atoms with Crippen molar-refractivity contribution in [3.05, 3.63) is 0 Å². The van der Waals surface area contributed by atoms with Crippen LogP contribution < -0.4 is 0 Å². The van der Waals surface area contributed by atoms with E-state index in [1.807, 2.05) is 0 Å². The van der Waals surface area contributed by atoms with Crippen LogP contribution in [0.2, 0.25) is 0 Å². The molecule has 16 heteroatoms. The minimum Gasteiger partial charge on any atom is -0.414 e. The number of carbonyl (C=O) groups is 6. The van der Waals surface area contributed by atoms with Crippen LogP contribution in [0.25, 0.3) is 0 Å². The second-order valence-corrected chi connectivity index (χ2v) is 9.14. The third kappa shape index (κ3) is 3.85. The van der Waals surface area contributed by atoms with Gasteiger partial charge in [0, 0.05) is 6.42 Å². The van der Waals surface area contributed by atoms with Crippen LogP contribution in [-0.4, -0.2) is 91.1 Å². The summed E-state index contributed by atoms with van der Waals surface area (Å²) in [7, 11) is 0. The largest absolute Gasteiger partial charge is 0.465 e. The maximum Gasteiger partial charge on any atom is 0.465 e. The molecule has 4 N–H and O–H groups in total. The van der Waals surface area contributed by atoms with Gasteiger partial charge in [-0.25, -0.2) is 9.59 Å². The Balaban J connectivity index is 2.00. The van der Waals surface area contributed by atoms with E-state index in [1.165, 1.54) is 6.92 Å². The number of rotatable bonds is 4. The number of fused-ring (bicyclic) bond motifs is 8. The molecule has 4 aliphatic rings. The molecule has 4 fully saturated rings. The molecule has 0 aliphatic carbocycles. The summed E-state index contributed by atoms with van der Waals surface area (Å²) < 4.78 is 30.3. The van der Waals surface area contributed by atoms with Crippen molar-refractivity contribution < 1.29 is 77.6 Å². The summed E-state index contributed by atoms with van der Waals surface area (Å²) in [6.45, 7) is 1.37. The zero-order chi connectivity index (χ0) is 26.7. The van der Waals surface area contributed by atoms with Gasteiger partial charge in [-0.05, 0) is 19.8 Å². The van der Waals surface area contributed by atoms with Crippen molar-refractivity contribution in [3.8, 4) is 0 Å². The molecule has 0 amide bonds. The lowest BCUT2D eigenvalue weighted by atomic mass is 9.91. The Bertz CT molecular complexity index is 1030. The number of hydrogen-bond donors (Lipinski definition) is 4. The van der Waals surface area contributed by atoms with Gasteiger partial charge in [0.2, 0.25) is 0 Å². The molecule has 1 spiro atoms. The summed E-state index contributed by atoms with van der Waals surface area (Å²) in [6.07, 6.45) is -7.05. The Hall–Kier alpha value is -3.34. The highest BCUT2D eigenvalue weighted by molar-refractivity contribution is 5.94. The van der Waals surface area contributed by atoms with E-state index in [1.54, 1.807) is 0 Å². The van der Waals surface area contributed by atoms with E-state index >= 15 is 0 Å². The van der Waals surface area contributed by atoms with E-state index < -0.39 is 103 Å². The lowest BCUT2D eigenvalue weighted by Crippen LogP contribution is -2.77. The Morgan fingerprint density at radius 1 is 0.694 bits per heavy atom. The first-order chi connectivity index (χ1) is 16.6. The van der Waals surface area contributed by atoms with Gasteiger partial charge in [0.1, 0.15) is 0 Å². The number of ether oxygens (including phenoxy) is 6. The van der Waals surface area contributed by atoms with Crippen LogP contribution in [0.15, 0.2) is 0 Å². The smallest absolute Gasteiger partial charge is 0.414 e. The molecule has 16 nitrogen and oxygen atoms in total. The topological polar surface area (TPSA) is 239 Å². The van der Waals surface area contributed by atoms with Gasteiger partial charge in [-0.15, -0.1) is 0 Å². The molecule has 198 valence electrons. The summed E-state index contributed by atoms with van der Waals surface area (Å²) in [5, 5.41) is 42.2. The minimum absolute atomic E-state index is 0.0865. The third-order valence-corrected chi connectivity index (χ3v) is 6.09. The van der Waals surface area contributed by atoms with E-state index in [0.717, 1.165) is 0 Å². The molecule has 6 atom stereocenters. The van der Waals surface area contributed by atoms with Crippen LogP contribution in [0.3, 0.4) is 0 Å². The highest BCUT2D eigenvalue weighted by Crippen LogP contribution is 2.52. The molecular formula is C20H22O16. The second kappa shape index (κ2) is 8.09. The van der Waals surface area contributed by atoms with E-state index in [2.05, 4.69) is 0 Å². The zero-order valence-electron chi connectivity index (χ0n) is 18.7. The maximum absolute atomic E-state index is 12.9. The summed E-state index contributed by atoms with van der Waals surface area (Å²) in [6, 6.07) is 0. The summed E-state index contributed by atoms with van der Waals surface area (Å²) in [4.78, 5) is 76.5. The average Bonchev–Trinajstić information content (AvgIpc) is 2.81. The van der Waals surface area contributed by atoms with Crippen molar-refractivity contribution in [1.82, 2.24) is 0 Å². The Morgan fingerprint density at radius 2 is 1.14 bits per heavy atom. The van der Waals surface area contributed by atoms with Gasteiger partial charge in [-0.1, -0.05) is 0 Å². The molecule has 4 aliphatic heterocycles.